The van der Waals surface area contributed by atoms with E-state index in [1.165, 1.54) is 16.8 Å². The average molecular weight is 337 g/mol. The van der Waals surface area contributed by atoms with Crippen LogP contribution < -0.4 is 10.9 Å². The smallest absolute Gasteiger partial charge is 0.340 e. The van der Waals surface area contributed by atoms with Crippen LogP contribution in [0, 0.1) is 18.9 Å². The number of aryl methyl sites for hydroxylation is 1. The third-order valence-corrected chi connectivity index (χ3v) is 3.71. The maximum Gasteiger partial charge on any atom is 0.340 e. The summed E-state index contributed by atoms with van der Waals surface area (Å²) in [4.78, 5) is 37.6. The van der Waals surface area contributed by atoms with Gasteiger partial charge in [-0.05, 0) is 26.8 Å². The first-order valence-corrected chi connectivity index (χ1v) is 7.70. The minimum atomic E-state index is -0.698. The van der Waals surface area contributed by atoms with Crippen molar-refractivity contribution in [2.24, 2.45) is 0 Å². The summed E-state index contributed by atoms with van der Waals surface area (Å²) in [7, 11) is 0. The Bertz CT molecular complexity index is 1190. The molecule has 3 aromatic rings. The monoisotopic (exact) mass is 337 g/mol. The molecule has 2 aromatic heterocycles. The molecule has 0 aliphatic heterocycles. The fourth-order valence-corrected chi connectivity index (χ4v) is 2.79. The van der Waals surface area contributed by atoms with E-state index in [1.54, 1.807) is 26.8 Å². The molecule has 25 heavy (non-hydrogen) atoms. The number of ether oxygens (including phenoxy) is 1. The first-order chi connectivity index (χ1) is 12.0. The molecule has 0 aliphatic rings. The Morgan fingerprint density at radius 1 is 1.28 bits per heavy atom. The minimum absolute atomic E-state index is 0.0219. The highest BCUT2D eigenvalue weighted by molar-refractivity contribution is 6.11. The first kappa shape index (κ1) is 16.5. The fraction of sp³-hybridized carbons (Fsp3) is 0.211. The zero-order valence-electron chi connectivity index (χ0n) is 14.0. The van der Waals surface area contributed by atoms with Crippen LogP contribution in [0.15, 0.2) is 38.4 Å². The molecule has 0 N–H and O–H groups in total. The maximum atomic E-state index is 12.6. The van der Waals surface area contributed by atoms with Gasteiger partial charge in [0.25, 0.3) is 0 Å². The Morgan fingerprint density at radius 3 is 2.72 bits per heavy atom. The van der Waals surface area contributed by atoms with Crippen molar-refractivity contribution >= 4 is 27.8 Å². The Balaban J connectivity index is 2.70. The van der Waals surface area contributed by atoms with E-state index in [-0.39, 0.29) is 34.1 Å². The van der Waals surface area contributed by atoms with Gasteiger partial charge in [0.15, 0.2) is 11.0 Å². The van der Waals surface area contributed by atoms with Crippen molar-refractivity contribution in [3.8, 4) is 12.0 Å². The standard InChI is InChI=1S/C19H15NO5/c1-4-7-20-8-6-14(21)16-12-9-11(3)25-18(12)15(22)10-13(17(16)20)19(23)24-5-2/h6,8-10H,5H2,1-3H3. The number of hydrogen-bond donors (Lipinski definition) is 0. The lowest BCUT2D eigenvalue weighted by molar-refractivity contribution is 0.0528. The predicted octanol–water partition coefficient (Wildman–Crippen LogP) is 2.42. The normalized spacial score (nSPS) is 10.5. The lowest BCUT2D eigenvalue weighted by atomic mass is 10.1. The molecule has 0 unspecified atom stereocenters. The fourth-order valence-electron chi connectivity index (χ4n) is 2.79. The molecule has 0 aliphatic carbocycles. The summed E-state index contributed by atoms with van der Waals surface area (Å²) >= 11 is 0. The van der Waals surface area contributed by atoms with Gasteiger partial charge >= 0.3 is 5.97 Å². The van der Waals surface area contributed by atoms with Gasteiger partial charge in [-0.15, -0.1) is 0 Å². The molecule has 2 heterocycles. The van der Waals surface area contributed by atoms with Crippen LogP contribution in [-0.4, -0.2) is 17.1 Å². The average Bonchev–Trinajstić information content (AvgIpc) is 2.90. The highest BCUT2D eigenvalue weighted by Gasteiger charge is 2.20. The summed E-state index contributed by atoms with van der Waals surface area (Å²) in [6.45, 7) is 5.12. The molecule has 6 heteroatoms. The highest BCUT2D eigenvalue weighted by atomic mass is 16.5. The van der Waals surface area contributed by atoms with Crippen LogP contribution in [0.25, 0.3) is 21.9 Å². The van der Waals surface area contributed by atoms with Crippen LogP contribution >= 0.6 is 0 Å². The molecule has 0 spiro atoms. The quantitative estimate of drug-likeness (QED) is 0.530. The maximum absolute atomic E-state index is 12.6. The Hall–Kier alpha value is -3.33. The third-order valence-electron chi connectivity index (χ3n) is 3.71. The lowest BCUT2D eigenvalue weighted by Gasteiger charge is -2.06. The van der Waals surface area contributed by atoms with E-state index >= 15 is 0 Å². The Kier molecular flexibility index (Phi) is 4.15. The number of pyridine rings is 1. The number of carbonyl (C=O) groups excluding carboxylic acids is 1. The summed E-state index contributed by atoms with van der Waals surface area (Å²) < 4.78 is 12.0. The van der Waals surface area contributed by atoms with Crippen molar-refractivity contribution in [3.05, 3.63) is 56.2 Å². The molecule has 126 valence electrons. The van der Waals surface area contributed by atoms with Gasteiger partial charge in [-0.2, -0.15) is 0 Å². The second-order valence-electron chi connectivity index (χ2n) is 5.38. The third kappa shape index (κ3) is 2.70. The molecule has 0 fully saturated rings. The van der Waals surface area contributed by atoms with Gasteiger partial charge in [0.05, 0.1) is 23.1 Å². The predicted molar refractivity (Wildman–Crippen MR) is 93.8 cm³/mol. The molecular weight excluding hydrogens is 322 g/mol. The van der Waals surface area contributed by atoms with Crippen LogP contribution in [0.4, 0.5) is 0 Å². The van der Waals surface area contributed by atoms with Crippen LogP contribution in [0.2, 0.25) is 0 Å². The van der Waals surface area contributed by atoms with Crippen molar-refractivity contribution < 1.29 is 13.9 Å². The summed E-state index contributed by atoms with van der Waals surface area (Å²) in [6.07, 6.45) is 1.47. The Morgan fingerprint density at radius 2 is 2.04 bits per heavy atom. The molecule has 1 aromatic carbocycles. The van der Waals surface area contributed by atoms with Crippen molar-refractivity contribution in [3.63, 3.8) is 0 Å². The number of fused-ring (bicyclic) bond motifs is 3. The molecule has 0 atom stereocenters. The lowest BCUT2D eigenvalue weighted by Crippen LogP contribution is -2.12. The van der Waals surface area contributed by atoms with Crippen molar-refractivity contribution in [2.75, 3.05) is 6.61 Å². The number of rotatable bonds is 2. The van der Waals surface area contributed by atoms with Gasteiger partial charge in [-0.25, -0.2) is 4.79 Å². The van der Waals surface area contributed by atoms with Crippen LogP contribution in [0.1, 0.15) is 30.0 Å². The molecular formula is C19H15NO5. The van der Waals surface area contributed by atoms with Crippen molar-refractivity contribution in [2.45, 2.75) is 20.8 Å². The second-order valence-corrected chi connectivity index (χ2v) is 5.38. The summed E-state index contributed by atoms with van der Waals surface area (Å²) in [5, 5.41) is 0.549. The van der Waals surface area contributed by atoms with Crippen LogP contribution in [-0.2, 0) is 4.74 Å². The summed E-state index contributed by atoms with van der Waals surface area (Å²) in [5.41, 5.74) is -0.606. The second kappa shape index (κ2) is 6.29. The molecule has 0 radical (unpaired) electrons. The molecule has 0 amide bonds. The minimum Gasteiger partial charge on any atom is -0.462 e. The topological polar surface area (TPSA) is 78.5 Å². The van der Waals surface area contributed by atoms with Crippen LogP contribution in [0.3, 0.4) is 0 Å². The Labute approximate surface area is 142 Å². The zero-order chi connectivity index (χ0) is 18.1. The molecule has 3 rings (SSSR count). The van der Waals surface area contributed by atoms with Crippen LogP contribution in [0.5, 0.6) is 0 Å². The van der Waals surface area contributed by atoms with Crippen molar-refractivity contribution in [1.29, 1.82) is 0 Å². The molecule has 0 saturated heterocycles. The molecule has 6 nitrogen and oxygen atoms in total. The van der Waals surface area contributed by atoms with Gasteiger partial charge in [0.2, 0.25) is 5.43 Å². The number of aromatic nitrogens is 1. The van der Waals surface area contributed by atoms with Gasteiger partial charge in [0.1, 0.15) is 5.76 Å². The summed E-state index contributed by atoms with van der Waals surface area (Å²) in [6, 6.07) is 6.90. The van der Waals surface area contributed by atoms with Crippen molar-refractivity contribution in [1.82, 2.24) is 4.57 Å². The van der Waals surface area contributed by atoms with E-state index in [0.29, 0.717) is 11.1 Å². The van der Waals surface area contributed by atoms with E-state index in [4.69, 9.17) is 9.15 Å². The van der Waals surface area contributed by atoms with Gasteiger partial charge in [-0.3, -0.25) is 14.2 Å². The number of esters is 1. The van der Waals surface area contributed by atoms with E-state index in [1.807, 2.05) is 0 Å². The van der Waals surface area contributed by atoms with E-state index in [2.05, 4.69) is 12.0 Å². The van der Waals surface area contributed by atoms with Gasteiger partial charge < -0.3 is 9.15 Å². The van der Waals surface area contributed by atoms with E-state index in [0.717, 1.165) is 6.07 Å². The SMILES string of the molecule is CC#Cn1ccc(=O)c2c3cc(C)oc3c(=O)cc(C(=O)OCC)c21. The number of carbonyl (C=O) groups is 1. The molecule has 0 bridgehead atoms. The van der Waals surface area contributed by atoms with E-state index < -0.39 is 11.4 Å². The molecule has 0 saturated carbocycles. The largest absolute Gasteiger partial charge is 0.462 e. The van der Waals surface area contributed by atoms with E-state index in [9.17, 15) is 14.4 Å². The summed E-state index contributed by atoms with van der Waals surface area (Å²) in [5.74, 6) is 2.53. The number of nitrogens with zero attached hydrogens (tertiary/aromatic N) is 1. The number of furan rings is 1. The highest BCUT2D eigenvalue weighted by Crippen LogP contribution is 2.24. The van der Waals surface area contributed by atoms with Gasteiger partial charge in [0, 0.05) is 29.8 Å². The van der Waals surface area contributed by atoms with Gasteiger partial charge in [-0.1, -0.05) is 5.92 Å². The zero-order valence-corrected chi connectivity index (χ0v) is 14.0. The first-order valence-electron chi connectivity index (χ1n) is 7.70. The number of hydrogen-bond acceptors (Lipinski definition) is 5.